The number of halogens is 1. The van der Waals surface area contributed by atoms with Crippen LogP contribution >= 0.6 is 0 Å². The van der Waals surface area contributed by atoms with Crippen LogP contribution in [0.3, 0.4) is 0 Å². The van der Waals surface area contributed by atoms with Crippen molar-refractivity contribution >= 4 is 28.5 Å². The first-order valence-electron chi connectivity index (χ1n) is 19.5. The van der Waals surface area contributed by atoms with Crippen molar-refractivity contribution in [3.63, 3.8) is 0 Å². The fraction of sp³-hybridized carbons (Fsp3) is 0.575. The molecular weight excluding hydrogens is 677 g/mol. The molecule has 3 aliphatic heterocycles. The number of hydrogen-bond acceptors (Lipinski definition) is 8. The van der Waals surface area contributed by atoms with Crippen molar-refractivity contribution in [2.75, 3.05) is 58.9 Å². The monoisotopic (exact) mass is 729 g/mol. The predicted molar refractivity (Wildman–Crippen MR) is 199 cm³/mol. The van der Waals surface area contributed by atoms with E-state index in [0.717, 1.165) is 51.6 Å². The third kappa shape index (κ3) is 8.79. The maximum atomic E-state index is 15.0. The van der Waals surface area contributed by atoms with Gasteiger partial charge in [-0.05, 0) is 68.2 Å². The highest BCUT2D eigenvalue weighted by molar-refractivity contribution is 5.95. The molecule has 3 amide bonds. The highest BCUT2D eigenvalue weighted by Gasteiger charge is 2.34. The fourth-order valence-electron chi connectivity index (χ4n) is 8.56. The van der Waals surface area contributed by atoms with Gasteiger partial charge in [-0.2, -0.15) is 5.10 Å². The van der Waals surface area contributed by atoms with Gasteiger partial charge in [-0.3, -0.25) is 24.1 Å². The van der Waals surface area contributed by atoms with Crippen molar-refractivity contribution in [1.82, 2.24) is 29.8 Å². The van der Waals surface area contributed by atoms with Crippen molar-refractivity contribution in [2.45, 2.75) is 82.5 Å². The second-order valence-electron chi connectivity index (χ2n) is 15.3. The minimum atomic E-state index is -0.598. The fourth-order valence-corrected chi connectivity index (χ4v) is 8.56. The Labute approximate surface area is 309 Å². The molecule has 1 saturated carbocycles. The average Bonchev–Trinajstić information content (AvgIpc) is 3.20. The van der Waals surface area contributed by atoms with E-state index in [0.29, 0.717) is 80.2 Å². The Bertz CT molecular complexity index is 1820. The van der Waals surface area contributed by atoms with Gasteiger partial charge < -0.3 is 25.2 Å². The lowest BCUT2D eigenvalue weighted by Gasteiger charge is -2.39. The zero-order chi connectivity index (χ0) is 36.9. The number of piperidine rings is 2. The van der Waals surface area contributed by atoms with E-state index in [4.69, 9.17) is 10.5 Å². The maximum Gasteiger partial charge on any atom is 0.272 e. The second kappa shape index (κ2) is 16.9. The number of nitrogens with one attached hydrogen (secondary N) is 1. The van der Waals surface area contributed by atoms with E-state index < -0.39 is 11.7 Å². The minimum Gasteiger partial charge on any atom is -0.375 e. The molecule has 3 aromatic rings. The number of rotatable bonds is 9. The van der Waals surface area contributed by atoms with Gasteiger partial charge in [-0.25, -0.2) is 9.49 Å². The summed E-state index contributed by atoms with van der Waals surface area (Å²) in [6.45, 7) is 4.73. The number of aromatic amines is 1. The summed E-state index contributed by atoms with van der Waals surface area (Å²) in [7, 11) is 0. The Morgan fingerprint density at radius 2 is 1.45 bits per heavy atom. The van der Waals surface area contributed by atoms with Crippen LogP contribution in [0.15, 0.2) is 47.3 Å². The van der Waals surface area contributed by atoms with Gasteiger partial charge in [0.1, 0.15) is 5.82 Å². The van der Waals surface area contributed by atoms with Crippen LogP contribution in [0.5, 0.6) is 0 Å². The van der Waals surface area contributed by atoms with Gasteiger partial charge in [0.15, 0.2) is 0 Å². The number of piperazine rings is 1. The SMILES string of the molecule is N[C@@H](C(=O)N1CCC(OC2CCN(CC(=O)N3CCN(C(=O)c4cc(Cc5n[nH]c(=O)c6ccccc56)ccc4F)CC3)CC2)CC1)C1CCCCC1. The number of nitrogens with zero attached hydrogens (tertiary/aromatic N) is 5. The summed E-state index contributed by atoms with van der Waals surface area (Å²) >= 11 is 0. The van der Waals surface area contributed by atoms with Crippen LogP contribution in [0.4, 0.5) is 4.39 Å². The highest BCUT2D eigenvalue weighted by atomic mass is 19.1. The van der Waals surface area contributed by atoms with Gasteiger partial charge >= 0.3 is 0 Å². The van der Waals surface area contributed by atoms with Gasteiger partial charge in [0, 0.05) is 64.2 Å². The lowest BCUT2D eigenvalue weighted by Crippen LogP contribution is -2.53. The number of carbonyl (C=O) groups is 3. The number of amides is 3. The molecule has 53 heavy (non-hydrogen) atoms. The smallest absolute Gasteiger partial charge is 0.272 e. The first-order chi connectivity index (χ1) is 25.7. The Morgan fingerprint density at radius 3 is 2.15 bits per heavy atom. The molecule has 4 aliphatic rings. The molecule has 12 nitrogen and oxygen atoms in total. The zero-order valence-electron chi connectivity index (χ0n) is 30.5. The van der Waals surface area contributed by atoms with Gasteiger partial charge in [-0.1, -0.05) is 43.5 Å². The molecule has 0 spiro atoms. The van der Waals surface area contributed by atoms with Crippen molar-refractivity contribution in [3.05, 3.63) is 75.5 Å². The van der Waals surface area contributed by atoms with Gasteiger partial charge in [0.2, 0.25) is 11.8 Å². The third-order valence-electron chi connectivity index (χ3n) is 11.8. The highest BCUT2D eigenvalue weighted by Crippen LogP contribution is 2.28. The van der Waals surface area contributed by atoms with Crippen LogP contribution < -0.4 is 11.3 Å². The number of carbonyl (C=O) groups excluding carboxylic acids is 3. The Balaban J connectivity index is 0.829. The largest absolute Gasteiger partial charge is 0.375 e. The lowest BCUT2D eigenvalue weighted by molar-refractivity contribution is -0.139. The summed E-state index contributed by atoms with van der Waals surface area (Å²) in [5, 5.41) is 7.98. The van der Waals surface area contributed by atoms with Crippen LogP contribution in [-0.4, -0.2) is 125 Å². The zero-order valence-corrected chi connectivity index (χ0v) is 30.5. The molecule has 0 radical (unpaired) electrons. The number of likely N-dealkylation sites (tertiary alicyclic amines) is 2. The van der Waals surface area contributed by atoms with Crippen LogP contribution in [0, 0.1) is 11.7 Å². The first-order valence-corrected chi connectivity index (χ1v) is 19.5. The Hall–Kier alpha value is -4.20. The quantitative estimate of drug-likeness (QED) is 0.342. The molecular formula is C40H52FN7O5. The number of benzene rings is 2. The van der Waals surface area contributed by atoms with Gasteiger partial charge in [0.25, 0.3) is 11.5 Å². The number of H-pyrrole nitrogens is 1. The predicted octanol–water partition coefficient (Wildman–Crippen LogP) is 3.32. The number of ether oxygens (including phenoxy) is 1. The minimum absolute atomic E-state index is 0.0148. The molecule has 4 heterocycles. The van der Waals surface area contributed by atoms with Gasteiger partial charge in [-0.15, -0.1) is 0 Å². The topological polar surface area (TPSA) is 145 Å². The lowest BCUT2D eigenvalue weighted by atomic mass is 9.83. The summed E-state index contributed by atoms with van der Waals surface area (Å²) < 4.78 is 21.4. The summed E-state index contributed by atoms with van der Waals surface area (Å²) in [6.07, 6.45) is 9.73. The van der Waals surface area contributed by atoms with E-state index in [9.17, 15) is 23.6 Å². The molecule has 1 atom stereocenters. The second-order valence-corrected chi connectivity index (χ2v) is 15.3. The van der Waals surface area contributed by atoms with E-state index in [1.807, 2.05) is 17.0 Å². The molecule has 13 heteroatoms. The van der Waals surface area contributed by atoms with E-state index in [1.165, 1.54) is 25.3 Å². The van der Waals surface area contributed by atoms with Crippen LogP contribution in [0.2, 0.25) is 0 Å². The van der Waals surface area contributed by atoms with Crippen LogP contribution in [-0.2, 0) is 20.7 Å². The molecule has 0 bridgehead atoms. The molecule has 3 saturated heterocycles. The van der Waals surface area contributed by atoms with E-state index in [2.05, 4.69) is 15.1 Å². The Morgan fingerprint density at radius 1 is 0.811 bits per heavy atom. The molecule has 1 aromatic heterocycles. The molecule has 284 valence electrons. The third-order valence-corrected chi connectivity index (χ3v) is 11.8. The van der Waals surface area contributed by atoms with Crippen molar-refractivity contribution in [2.24, 2.45) is 11.7 Å². The average molecular weight is 730 g/mol. The normalized spacial score (nSPS) is 20.5. The van der Waals surface area contributed by atoms with E-state index in [1.54, 1.807) is 34.1 Å². The summed E-state index contributed by atoms with van der Waals surface area (Å²) in [5.41, 5.74) is 7.44. The molecule has 3 N–H and O–H groups in total. The number of fused-ring (bicyclic) bond motifs is 1. The summed E-state index contributed by atoms with van der Waals surface area (Å²) in [6, 6.07) is 11.3. The molecule has 1 aliphatic carbocycles. The maximum absolute atomic E-state index is 15.0. The van der Waals surface area contributed by atoms with Crippen LogP contribution in [0.25, 0.3) is 10.8 Å². The van der Waals surface area contributed by atoms with Gasteiger partial charge in [0.05, 0.1) is 41.4 Å². The van der Waals surface area contributed by atoms with E-state index >= 15 is 0 Å². The number of hydrogen-bond donors (Lipinski definition) is 2. The Kier molecular flexibility index (Phi) is 11.8. The van der Waals surface area contributed by atoms with Crippen LogP contribution in [0.1, 0.15) is 79.4 Å². The van der Waals surface area contributed by atoms with Crippen molar-refractivity contribution in [3.8, 4) is 0 Å². The van der Waals surface area contributed by atoms with Crippen molar-refractivity contribution in [1.29, 1.82) is 0 Å². The van der Waals surface area contributed by atoms with E-state index in [-0.39, 0.29) is 41.2 Å². The summed E-state index contributed by atoms with van der Waals surface area (Å²) in [5.74, 6) is -0.545. The molecule has 7 rings (SSSR count). The number of aromatic nitrogens is 2. The molecule has 2 aromatic carbocycles. The first kappa shape index (κ1) is 37.1. The molecule has 0 unspecified atom stereocenters. The van der Waals surface area contributed by atoms with Crippen molar-refractivity contribution < 1.29 is 23.5 Å². The molecule has 4 fully saturated rings. The number of nitrogens with two attached hydrogens (primary N) is 1. The summed E-state index contributed by atoms with van der Waals surface area (Å²) in [4.78, 5) is 59.5. The standard InChI is InChI=1S/C40H52FN7O5/c41-34-11-10-27(25-35-31-8-4-5-9-32(31)38(50)44-43-35)24-33(34)39(51)48-22-20-46(21-23-48)36(49)26-45-16-12-29(13-17-45)53-30-14-18-47(19-15-30)40(52)37(42)28-6-2-1-3-7-28/h4-5,8-11,24,28-30,37H,1-3,6-7,12-23,25-26,42H2,(H,44,50)/t37-/m1/s1.